The summed E-state index contributed by atoms with van der Waals surface area (Å²) in [5.41, 5.74) is -0.0713. The number of nitrogens with zero attached hydrogens (tertiary/aromatic N) is 3. The van der Waals surface area contributed by atoms with E-state index in [0.29, 0.717) is 18.9 Å². The first-order valence-corrected chi connectivity index (χ1v) is 6.69. The third kappa shape index (κ3) is 3.30. The quantitative estimate of drug-likeness (QED) is 0.581. The molecule has 1 aromatic heterocycles. The average molecular weight is 265 g/mol. The zero-order valence-electron chi connectivity index (χ0n) is 11.1. The molecule has 0 aliphatic heterocycles. The normalized spacial score (nSPS) is 14.8. The van der Waals surface area contributed by atoms with Crippen molar-refractivity contribution in [3.63, 3.8) is 0 Å². The first kappa shape index (κ1) is 13.5. The van der Waals surface area contributed by atoms with E-state index in [4.69, 9.17) is 0 Å². The highest BCUT2D eigenvalue weighted by Crippen LogP contribution is 2.31. The number of hydrogen-bond donors (Lipinski definition) is 2. The van der Waals surface area contributed by atoms with Gasteiger partial charge >= 0.3 is 5.69 Å². The Labute approximate surface area is 112 Å². The van der Waals surface area contributed by atoms with Gasteiger partial charge in [-0.2, -0.15) is 0 Å². The Morgan fingerprint density at radius 1 is 1.37 bits per heavy atom. The summed E-state index contributed by atoms with van der Waals surface area (Å²) in [6, 6.07) is 0. The molecule has 2 rings (SSSR count). The monoisotopic (exact) mass is 265 g/mol. The lowest BCUT2D eigenvalue weighted by molar-refractivity contribution is -0.383. The fraction of sp³-hybridized carbons (Fsp3) is 0.667. The molecule has 0 aromatic carbocycles. The molecule has 104 valence electrons. The van der Waals surface area contributed by atoms with E-state index in [2.05, 4.69) is 20.6 Å². The SMILES string of the molecule is CCNc1ncnc(NCCC2CCC2)c1[N+](=O)[O-]. The zero-order chi connectivity index (χ0) is 13.7. The van der Waals surface area contributed by atoms with Crippen molar-refractivity contribution in [1.29, 1.82) is 0 Å². The van der Waals surface area contributed by atoms with Gasteiger partial charge in [0.1, 0.15) is 6.33 Å². The lowest BCUT2D eigenvalue weighted by atomic mass is 9.83. The number of nitrogens with one attached hydrogen (secondary N) is 2. The predicted octanol–water partition coefficient (Wildman–Crippen LogP) is 2.42. The first-order chi connectivity index (χ1) is 9.22. The van der Waals surface area contributed by atoms with Crippen molar-refractivity contribution in [3.05, 3.63) is 16.4 Å². The Balaban J connectivity index is 2.04. The Kier molecular flexibility index (Phi) is 4.48. The highest BCUT2D eigenvalue weighted by molar-refractivity contribution is 5.69. The molecule has 1 aliphatic rings. The predicted molar refractivity (Wildman–Crippen MR) is 73.3 cm³/mol. The van der Waals surface area contributed by atoms with Crippen LogP contribution in [-0.2, 0) is 0 Å². The first-order valence-electron chi connectivity index (χ1n) is 6.69. The van der Waals surface area contributed by atoms with Crippen LogP contribution in [0.3, 0.4) is 0 Å². The topological polar surface area (TPSA) is 93.0 Å². The van der Waals surface area contributed by atoms with Gasteiger partial charge in [0.25, 0.3) is 0 Å². The smallest absolute Gasteiger partial charge is 0.353 e. The Bertz CT molecular complexity index is 448. The molecule has 7 nitrogen and oxygen atoms in total. The molecule has 19 heavy (non-hydrogen) atoms. The maximum Gasteiger partial charge on any atom is 0.353 e. The molecular formula is C12H19N5O2. The maximum atomic E-state index is 11.1. The minimum absolute atomic E-state index is 0.0713. The standard InChI is InChI=1S/C12H19N5O2/c1-2-13-11-10(17(18)19)12(16-8-15-11)14-7-6-9-4-3-5-9/h8-9H,2-7H2,1H3,(H2,13,14,15,16). The molecule has 1 heterocycles. The average Bonchev–Trinajstić information content (AvgIpc) is 2.32. The Hall–Kier alpha value is -1.92. The minimum Gasteiger partial charge on any atom is -0.364 e. The number of rotatable bonds is 7. The highest BCUT2D eigenvalue weighted by Gasteiger charge is 2.23. The molecule has 0 unspecified atom stereocenters. The molecule has 0 radical (unpaired) electrons. The zero-order valence-corrected chi connectivity index (χ0v) is 11.1. The second kappa shape index (κ2) is 6.31. The summed E-state index contributed by atoms with van der Waals surface area (Å²) < 4.78 is 0. The molecule has 0 atom stereocenters. The summed E-state index contributed by atoms with van der Waals surface area (Å²) in [5, 5.41) is 17.1. The molecule has 7 heteroatoms. The second-order valence-electron chi connectivity index (χ2n) is 4.72. The lowest BCUT2D eigenvalue weighted by Gasteiger charge is -2.25. The van der Waals surface area contributed by atoms with Crippen LogP contribution in [0.2, 0.25) is 0 Å². The Morgan fingerprint density at radius 2 is 2.05 bits per heavy atom. The fourth-order valence-electron chi connectivity index (χ4n) is 2.15. The molecule has 1 aromatic rings. The van der Waals surface area contributed by atoms with Gasteiger partial charge in [0, 0.05) is 13.1 Å². The maximum absolute atomic E-state index is 11.1. The van der Waals surface area contributed by atoms with Gasteiger partial charge in [-0.25, -0.2) is 9.97 Å². The summed E-state index contributed by atoms with van der Waals surface area (Å²) in [6.45, 7) is 3.17. The minimum atomic E-state index is -0.441. The van der Waals surface area contributed by atoms with Crippen molar-refractivity contribution in [2.24, 2.45) is 5.92 Å². The number of nitro groups is 1. The van der Waals surface area contributed by atoms with E-state index >= 15 is 0 Å². The summed E-state index contributed by atoms with van der Waals surface area (Å²) in [4.78, 5) is 18.6. The van der Waals surface area contributed by atoms with Crippen LogP contribution in [0.15, 0.2) is 6.33 Å². The van der Waals surface area contributed by atoms with Gasteiger partial charge in [-0.1, -0.05) is 19.3 Å². The summed E-state index contributed by atoms with van der Waals surface area (Å²) in [7, 11) is 0. The fourth-order valence-corrected chi connectivity index (χ4v) is 2.15. The third-order valence-electron chi connectivity index (χ3n) is 3.42. The van der Waals surface area contributed by atoms with E-state index in [-0.39, 0.29) is 11.5 Å². The van der Waals surface area contributed by atoms with E-state index in [1.807, 2.05) is 6.92 Å². The second-order valence-corrected chi connectivity index (χ2v) is 4.72. The molecule has 0 amide bonds. The van der Waals surface area contributed by atoms with Gasteiger partial charge in [-0.15, -0.1) is 0 Å². The van der Waals surface area contributed by atoms with E-state index in [0.717, 1.165) is 12.3 Å². The molecule has 0 bridgehead atoms. The van der Waals surface area contributed by atoms with Crippen LogP contribution < -0.4 is 10.6 Å². The highest BCUT2D eigenvalue weighted by atomic mass is 16.6. The molecule has 1 fully saturated rings. The van der Waals surface area contributed by atoms with Crippen LogP contribution in [0, 0.1) is 16.0 Å². The molecule has 1 saturated carbocycles. The molecule has 2 N–H and O–H groups in total. The van der Waals surface area contributed by atoms with Crippen LogP contribution in [0.1, 0.15) is 32.6 Å². The van der Waals surface area contributed by atoms with Crippen LogP contribution in [0.5, 0.6) is 0 Å². The number of anilines is 2. The Morgan fingerprint density at radius 3 is 2.58 bits per heavy atom. The van der Waals surface area contributed by atoms with Gasteiger partial charge < -0.3 is 10.6 Å². The van der Waals surface area contributed by atoms with Gasteiger partial charge in [-0.05, 0) is 19.3 Å². The van der Waals surface area contributed by atoms with Gasteiger partial charge in [0.05, 0.1) is 4.92 Å². The molecular weight excluding hydrogens is 246 g/mol. The number of aromatic nitrogens is 2. The van der Waals surface area contributed by atoms with Crippen LogP contribution in [0.4, 0.5) is 17.3 Å². The van der Waals surface area contributed by atoms with Crippen molar-refractivity contribution >= 4 is 17.3 Å². The molecule has 0 spiro atoms. The van der Waals surface area contributed by atoms with E-state index in [1.54, 1.807) is 0 Å². The van der Waals surface area contributed by atoms with E-state index < -0.39 is 4.92 Å². The van der Waals surface area contributed by atoms with Crippen LogP contribution >= 0.6 is 0 Å². The largest absolute Gasteiger partial charge is 0.364 e. The van der Waals surface area contributed by atoms with Crippen molar-refractivity contribution in [2.45, 2.75) is 32.6 Å². The van der Waals surface area contributed by atoms with Crippen LogP contribution in [-0.4, -0.2) is 28.0 Å². The van der Waals surface area contributed by atoms with Crippen molar-refractivity contribution in [3.8, 4) is 0 Å². The molecule has 1 aliphatic carbocycles. The van der Waals surface area contributed by atoms with Crippen LogP contribution in [0.25, 0.3) is 0 Å². The number of hydrogen-bond acceptors (Lipinski definition) is 6. The van der Waals surface area contributed by atoms with Gasteiger partial charge in [-0.3, -0.25) is 10.1 Å². The lowest BCUT2D eigenvalue weighted by Crippen LogP contribution is -2.17. The van der Waals surface area contributed by atoms with E-state index in [9.17, 15) is 10.1 Å². The van der Waals surface area contributed by atoms with E-state index in [1.165, 1.54) is 25.6 Å². The van der Waals surface area contributed by atoms with Crippen molar-refractivity contribution in [1.82, 2.24) is 9.97 Å². The van der Waals surface area contributed by atoms with Gasteiger partial charge in [0.2, 0.25) is 11.6 Å². The third-order valence-corrected chi connectivity index (χ3v) is 3.42. The van der Waals surface area contributed by atoms with Crippen molar-refractivity contribution in [2.75, 3.05) is 23.7 Å². The van der Waals surface area contributed by atoms with Gasteiger partial charge in [0.15, 0.2) is 0 Å². The summed E-state index contributed by atoms with van der Waals surface area (Å²) in [5.74, 6) is 1.34. The molecule has 0 saturated heterocycles. The summed E-state index contributed by atoms with van der Waals surface area (Å²) >= 11 is 0. The summed E-state index contributed by atoms with van der Waals surface area (Å²) in [6.07, 6.45) is 6.24. The van der Waals surface area contributed by atoms with Crippen molar-refractivity contribution < 1.29 is 4.92 Å².